The van der Waals surface area contributed by atoms with Crippen LogP contribution < -0.4 is 10.1 Å². The fraction of sp³-hybridized carbons (Fsp3) is 0.417. The molecule has 0 fully saturated rings. The van der Waals surface area contributed by atoms with Crippen molar-refractivity contribution in [1.29, 1.82) is 0 Å². The second-order valence-corrected chi connectivity index (χ2v) is 8.74. The summed E-state index contributed by atoms with van der Waals surface area (Å²) in [4.78, 5) is 27.7. The maximum absolute atomic E-state index is 13.2. The zero-order valence-corrected chi connectivity index (χ0v) is 19.1. The van der Waals surface area contributed by atoms with Crippen LogP contribution in [0.4, 0.5) is 0 Å². The maximum atomic E-state index is 13.2. The number of nitrogens with one attached hydrogen (secondary N) is 1. The molecule has 0 heterocycles. The largest absolute Gasteiger partial charge is 0.484 e. The molecule has 0 aliphatic heterocycles. The first-order valence-corrected chi connectivity index (χ1v) is 10.5. The number of para-hydroxylation sites is 1. The Kier molecular flexibility index (Phi) is 8.30. The average molecular weight is 431 g/mol. The molecule has 1 N–H and O–H groups in total. The Bertz CT molecular complexity index is 877. The van der Waals surface area contributed by atoms with Gasteiger partial charge in [0.1, 0.15) is 11.8 Å². The summed E-state index contributed by atoms with van der Waals surface area (Å²) in [6.45, 7) is 9.63. The lowest BCUT2D eigenvalue weighted by Gasteiger charge is -2.33. The summed E-state index contributed by atoms with van der Waals surface area (Å²) in [5.74, 6) is 0.186. The normalized spacial score (nSPS) is 12.2. The number of amides is 2. The number of aryl methyl sites for hydroxylation is 1. The summed E-state index contributed by atoms with van der Waals surface area (Å²) >= 11 is 6.33. The Balaban J connectivity index is 2.27. The fourth-order valence-corrected chi connectivity index (χ4v) is 3.32. The summed E-state index contributed by atoms with van der Waals surface area (Å²) in [7, 11) is 0. The van der Waals surface area contributed by atoms with Crippen molar-refractivity contribution in [2.24, 2.45) is 0 Å². The minimum Gasteiger partial charge on any atom is -0.484 e. The molecule has 2 rings (SSSR count). The highest BCUT2D eigenvalue weighted by Gasteiger charge is 2.31. The number of rotatable bonds is 8. The molecule has 0 bridgehead atoms. The van der Waals surface area contributed by atoms with Crippen LogP contribution >= 0.6 is 11.6 Å². The number of benzene rings is 2. The van der Waals surface area contributed by atoms with Crippen LogP contribution in [0.15, 0.2) is 48.5 Å². The van der Waals surface area contributed by atoms with Gasteiger partial charge >= 0.3 is 0 Å². The third-order valence-electron chi connectivity index (χ3n) is 4.63. The lowest BCUT2D eigenvalue weighted by molar-refractivity contribution is -0.143. The van der Waals surface area contributed by atoms with Crippen molar-refractivity contribution in [2.45, 2.75) is 59.2 Å². The first-order chi connectivity index (χ1) is 14.1. The summed E-state index contributed by atoms with van der Waals surface area (Å²) in [6, 6.07) is 14.2. The Labute approximate surface area is 184 Å². The lowest BCUT2D eigenvalue weighted by atomic mass is 10.1. The molecule has 0 unspecified atom stereocenters. The van der Waals surface area contributed by atoms with Crippen molar-refractivity contribution in [1.82, 2.24) is 10.2 Å². The van der Waals surface area contributed by atoms with Gasteiger partial charge in [-0.2, -0.15) is 0 Å². The highest BCUT2D eigenvalue weighted by molar-refractivity contribution is 6.31. The maximum Gasteiger partial charge on any atom is 0.261 e. The third kappa shape index (κ3) is 6.77. The second-order valence-electron chi connectivity index (χ2n) is 8.33. The van der Waals surface area contributed by atoms with Gasteiger partial charge in [-0.25, -0.2) is 0 Å². The van der Waals surface area contributed by atoms with E-state index in [2.05, 4.69) is 5.32 Å². The van der Waals surface area contributed by atoms with Gasteiger partial charge < -0.3 is 15.0 Å². The van der Waals surface area contributed by atoms with E-state index in [-0.39, 0.29) is 25.0 Å². The van der Waals surface area contributed by atoms with Gasteiger partial charge in [0, 0.05) is 17.1 Å². The Hall–Kier alpha value is -2.53. The van der Waals surface area contributed by atoms with Crippen LogP contribution in [0.1, 0.15) is 45.2 Å². The van der Waals surface area contributed by atoms with E-state index in [0.29, 0.717) is 17.2 Å². The van der Waals surface area contributed by atoms with E-state index in [1.165, 1.54) is 0 Å². The third-order valence-corrected chi connectivity index (χ3v) is 5.00. The highest BCUT2D eigenvalue weighted by atomic mass is 35.5. The molecule has 0 spiro atoms. The van der Waals surface area contributed by atoms with E-state index in [1.807, 2.05) is 77.1 Å². The van der Waals surface area contributed by atoms with Gasteiger partial charge in [-0.1, -0.05) is 54.9 Å². The highest BCUT2D eigenvalue weighted by Crippen LogP contribution is 2.21. The molecule has 2 amide bonds. The minimum absolute atomic E-state index is 0.158. The quantitative estimate of drug-likeness (QED) is 0.657. The van der Waals surface area contributed by atoms with E-state index in [1.54, 1.807) is 11.0 Å². The van der Waals surface area contributed by atoms with Crippen LogP contribution in [0.3, 0.4) is 0 Å². The van der Waals surface area contributed by atoms with E-state index < -0.39 is 11.6 Å². The molecule has 0 aliphatic rings. The molecule has 0 aliphatic carbocycles. The van der Waals surface area contributed by atoms with Crippen molar-refractivity contribution in [3.05, 3.63) is 64.7 Å². The summed E-state index contributed by atoms with van der Waals surface area (Å²) in [5.41, 5.74) is 1.33. The standard InChI is InChI=1S/C24H31ClN2O3/c1-6-20(23(29)26-24(3,4)5)27(15-18-12-8-9-13-19(18)25)22(28)16-30-21-14-10-7-11-17(21)2/h7-14,20H,6,15-16H2,1-5H3,(H,26,29)/t20-/m0/s1. The van der Waals surface area contributed by atoms with Crippen molar-refractivity contribution < 1.29 is 14.3 Å². The summed E-state index contributed by atoms with van der Waals surface area (Å²) in [6.07, 6.45) is 0.475. The number of hydrogen-bond acceptors (Lipinski definition) is 3. The Morgan fingerprint density at radius 3 is 2.33 bits per heavy atom. The van der Waals surface area contributed by atoms with E-state index in [4.69, 9.17) is 16.3 Å². The van der Waals surface area contributed by atoms with Gasteiger partial charge in [-0.05, 0) is 57.4 Å². The zero-order chi connectivity index (χ0) is 22.3. The monoisotopic (exact) mass is 430 g/mol. The molecule has 0 saturated carbocycles. The van der Waals surface area contributed by atoms with Crippen molar-refractivity contribution in [3.8, 4) is 5.75 Å². The van der Waals surface area contributed by atoms with Crippen LogP contribution in [0.2, 0.25) is 5.02 Å². The number of nitrogens with zero attached hydrogens (tertiary/aromatic N) is 1. The summed E-state index contributed by atoms with van der Waals surface area (Å²) < 4.78 is 5.77. The molecule has 0 aromatic heterocycles. The number of hydrogen-bond donors (Lipinski definition) is 1. The molecular weight excluding hydrogens is 400 g/mol. The van der Waals surface area contributed by atoms with Gasteiger partial charge in [0.15, 0.2) is 6.61 Å². The molecule has 162 valence electrons. The van der Waals surface area contributed by atoms with E-state index >= 15 is 0 Å². The second kappa shape index (κ2) is 10.5. The minimum atomic E-state index is -0.631. The number of halogens is 1. The molecule has 0 saturated heterocycles. The van der Waals surface area contributed by atoms with Gasteiger partial charge in [0.25, 0.3) is 5.91 Å². The lowest BCUT2D eigenvalue weighted by Crippen LogP contribution is -2.54. The fourth-order valence-electron chi connectivity index (χ4n) is 3.12. The Morgan fingerprint density at radius 2 is 1.73 bits per heavy atom. The van der Waals surface area contributed by atoms with Gasteiger partial charge in [0.2, 0.25) is 5.91 Å². The average Bonchev–Trinajstić information content (AvgIpc) is 2.67. The Morgan fingerprint density at radius 1 is 1.10 bits per heavy atom. The number of carbonyl (C=O) groups excluding carboxylic acids is 2. The predicted octanol–water partition coefficient (Wildman–Crippen LogP) is 4.75. The van der Waals surface area contributed by atoms with E-state index in [9.17, 15) is 9.59 Å². The van der Waals surface area contributed by atoms with Crippen LogP contribution in [-0.4, -0.2) is 34.9 Å². The summed E-state index contributed by atoms with van der Waals surface area (Å²) in [5, 5.41) is 3.54. The van der Waals surface area contributed by atoms with Crippen molar-refractivity contribution >= 4 is 23.4 Å². The molecule has 2 aromatic rings. The van der Waals surface area contributed by atoms with Crippen LogP contribution in [0.5, 0.6) is 5.75 Å². The van der Waals surface area contributed by atoms with Crippen LogP contribution in [0, 0.1) is 6.92 Å². The molecular formula is C24H31ClN2O3. The molecule has 5 nitrogen and oxygen atoms in total. The van der Waals surface area contributed by atoms with Crippen molar-refractivity contribution in [2.75, 3.05) is 6.61 Å². The number of carbonyl (C=O) groups is 2. The van der Waals surface area contributed by atoms with Gasteiger partial charge in [0.05, 0.1) is 0 Å². The first kappa shape index (κ1) is 23.7. The van der Waals surface area contributed by atoms with Crippen molar-refractivity contribution in [3.63, 3.8) is 0 Å². The zero-order valence-electron chi connectivity index (χ0n) is 18.4. The van der Waals surface area contributed by atoms with E-state index in [0.717, 1.165) is 11.1 Å². The predicted molar refractivity (Wildman–Crippen MR) is 121 cm³/mol. The molecule has 0 radical (unpaired) electrons. The topological polar surface area (TPSA) is 58.6 Å². The smallest absolute Gasteiger partial charge is 0.261 e. The van der Waals surface area contributed by atoms with Crippen LogP contribution in [-0.2, 0) is 16.1 Å². The molecule has 6 heteroatoms. The van der Waals surface area contributed by atoms with Crippen LogP contribution in [0.25, 0.3) is 0 Å². The van der Waals surface area contributed by atoms with Gasteiger partial charge in [-0.3, -0.25) is 9.59 Å². The first-order valence-electron chi connectivity index (χ1n) is 10.2. The molecule has 30 heavy (non-hydrogen) atoms. The van der Waals surface area contributed by atoms with Gasteiger partial charge in [-0.15, -0.1) is 0 Å². The molecule has 1 atom stereocenters. The molecule has 2 aromatic carbocycles. The number of ether oxygens (including phenoxy) is 1. The SMILES string of the molecule is CC[C@@H](C(=O)NC(C)(C)C)N(Cc1ccccc1Cl)C(=O)COc1ccccc1C.